The van der Waals surface area contributed by atoms with E-state index in [1.807, 2.05) is 12.1 Å². The molecule has 152 valence electrons. The predicted molar refractivity (Wildman–Crippen MR) is 112 cm³/mol. The largest absolute Gasteiger partial charge is 0.439 e. The van der Waals surface area contributed by atoms with Crippen molar-refractivity contribution in [1.82, 2.24) is 4.98 Å². The summed E-state index contributed by atoms with van der Waals surface area (Å²) in [6, 6.07) is 10.7. The molecule has 2 amide bonds. The number of anilines is 2. The van der Waals surface area contributed by atoms with Crippen LogP contribution in [0.5, 0.6) is 11.6 Å². The van der Waals surface area contributed by atoms with Crippen molar-refractivity contribution in [1.29, 1.82) is 0 Å². The summed E-state index contributed by atoms with van der Waals surface area (Å²) in [5, 5.41) is 5.84. The van der Waals surface area contributed by atoms with Crippen molar-refractivity contribution in [2.75, 3.05) is 10.6 Å². The van der Waals surface area contributed by atoms with Gasteiger partial charge in [0.25, 0.3) is 0 Å². The van der Waals surface area contributed by atoms with E-state index in [2.05, 4.69) is 43.3 Å². The van der Waals surface area contributed by atoms with Gasteiger partial charge in [-0.2, -0.15) is 0 Å². The average molecular weight is 393 g/mol. The van der Waals surface area contributed by atoms with Crippen LogP contribution in [0.2, 0.25) is 0 Å². The SMILES string of the molecule is CC1(C)C[C@H]1C(=O)Nc1ccc(Oc2ccc(NC(=O)[C@@H]3CC3(C)C)cn2)cc1. The van der Waals surface area contributed by atoms with E-state index < -0.39 is 0 Å². The summed E-state index contributed by atoms with van der Waals surface area (Å²) in [6.45, 7) is 8.39. The van der Waals surface area contributed by atoms with Crippen molar-refractivity contribution in [3.8, 4) is 11.6 Å². The first-order chi connectivity index (χ1) is 13.6. The molecule has 0 saturated heterocycles. The zero-order valence-electron chi connectivity index (χ0n) is 17.3. The van der Waals surface area contributed by atoms with Crippen molar-refractivity contribution in [2.45, 2.75) is 40.5 Å². The van der Waals surface area contributed by atoms with Crippen LogP contribution in [0.15, 0.2) is 42.6 Å². The smallest absolute Gasteiger partial charge is 0.228 e. The molecule has 1 aromatic heterocycles. The van der Waals surface area contributed by atoms with Gasteiger partial charge in [-0.1, -0.05) is 27.7 Å². The first-order valence-electron chi connectivity index (χ1n) is 10.00. The van der Waals surface area contributed by atoms with Gasteiger partial charge in [0, 0.05) is 23.6 Å². The molecule has 1 aromatic carbocycles. The summed E-state index contributed by atoms with van der Waals surface area (Å²) < 4.78 is 5.75. The molecule has 0 spiro atoms. The van der Waals surface area contributed by atoms with E-state index in [0.29, 0.717) is 17.3 Å². The Kier molecular flexibility index (Phi) is 4.60. The minimum absolute atomic E-state index is 0.0395. The lowest BCUT2D eigenvalue weighted by Crippen LogP contribution is -2.16. The van der Waals surface area contributed by atoms with E-state index in [0.717, 1.165) is 18.5 Å². The highest BCUT2D eigenvalue weighted by atomic mass is 16.5. The van der Waals surface area contributed by atoms with Gasteiger partial charge < -0.3 is 15.4 Å². The molecule has 0 bridgehead atoms. The topological polar surface area (TPSA) is 80.3 Å². The number of nitrogens with zero attached hydrogens (tertiary/aromatic N) is 1. The highest BCUT2D eigenvalue weighted by Gasteiger charge is 2.51. The molecule has 2 aromatic rings. The third kappa shape index (κ3) is 4.42. The van der Waals surface area contributed by atoms with Crippen molar-refractivity contribution in [3.63, 3.8) is 0 Å². The molecule has 0 radical (unpaired) electrons. The van der Waals surface area contributed by atoms with Gasteiger partial charge in [0.1, 0.15) is 5.75 Å². The monoisotopic (exact) mass is 393 g/mol. The molecular formula is C23H27N3O3. The van der Waals surface area contributed by atoms with Gasteiger partial charge in [-0.05, 0) is 54.0 Å². The standard InChI is InChI=1S/C23H27N3O3/c1-22(2)11-17(22)20(27)25-14-5-8-16(9-6-14)29-19-10-7-15(13-24-19)26-21(28)18-12-23(18,3)4/h5-10,13,17-18H,11-12H2,1-4H3,(H,25,27)(H,26,28)/t17-,18-/m0/s1. The molecule has 0 unspecified atom stereocenters. The van der Waals surface area contributed by atoms with Crippen LogP contribution in [0.25, 0.3) is 0 Å². The fourth-order valence-electron chi connectivity index (χ4n) is 3.53. The molecule has 2 aliphatic rings. The highest BCUT2D eigenvalue weighted by molar-refractivity contribution is 5.95. The Hall–Kier alpha value is -2.89. The van der Waals surface area contributed by atoms with Crippen LogP contribution >= 0.6 is 0 Å². The van der Waals surface area contributed by atoms with Crippen molar-refractivity contribution < 1.29 is 14.3 Å². The second kappa shape index (κ2) is 6.87. The number of rotatable bonds is 6. The summed E-state index contributed by atoms with van der Waals surface area (Å²) >= 11 is 0. The normalized spacial score (nSPS) is 23.0. The number of carbonyl (C=O) groups excluding carboxylic acids is 2. The first kappa shape index (κ1) is 19.4. The number of carbonyl (C=O) groups is 2. The molecule has 6 nitrogen and oxygen atoms in total. The third-order valence-corrected chi connectivity index (χ3v) is 6.01. The number of hydrogen-bond donors (Lipinski definition) is 2. The number of nitrogens with one attached hydrogen (secondary N) is 2. The molecule has 0 aliphatic heterocycles. The van der Waals surface area contributed by atoms with Crippen LogP contribution in [0.4, 0.5) is 11.4 Å². The minimum Gasteiger partial charge on any atom is -0.439 e. The van der Waals surface area contributed by atoms with E-state index in [-0.39, 0.29) is 34.5 Å². The van der Waals surface area contributed by atoms with E-state index in [1.54, 1.807) is 30.5 Å². The molecule has 29 heavy (non-hydrogen) atoms. The summed E-state index contributed by atoms with van der Waals surface area (Å²) in [7, 11) is 0. The van der Waals surface area contributed by atoms with Crippen LogP contribution in [-0.4, -0.2) is 16.8 Å². The maximum Gasteiger partial charge on any atom is 0.228 e. The van der Waals surface area contributed by atoms with Gasteiger partial charge in [0.05, 0.1) is 11.9 Å². The summed E-state index contributed by atoms with van der Waals surface area (Å²) in [5.41, 5.74) is 1.62. The predicted octanol–water partition coefficient (Wildman–Crippen LogP) is 4.84. The van der Waals surface area contributed by atoms with Gasteiger partial charge in [-0.25, -0.2) is 4.98 Å². The second-order valence-electron chi connectivity index (χ2n) is 9.48. The van der Waals surface area contributed by atoms with Gasteiger partial charge >= 0.3 is 0 Å². The summed E-state index contributed by atoms with van der Waals surface area (Å²) in [6.07, 6.45) is 3.44. The highest BCUT2D eigenvalue weighted by Crippen LogP contribution is 2.52. The summed E-state index contributed by atoms with van der Waals surface area (Å²) in [5.74, 6) is 1.33. The number of ether oxygens (including phenoxy) is 1. The number of amides is 2. The maximum atomic E-state index is 12.2. The van der Waals surface area contributed by atoms with Gasteiger partial charge in [0.2, 0.25) is 17.7 Å². The molecule has 2 saturated carbocycles. The average Bonchev–Trinajstić information content (AvgIpc) is 3.52. The fourth-order valence-corrected chi connectivity index (χ4v) is 3.53. The van der Waals surface area contributed by atoms with Crippen molar-refractivity contribution in [3.05, 3.63) is 42.6 Å². The maximum absolute atomic E-state index is 12.2. The molecule has 2 aliphatic carbocycles. The van der Waals surface area contributed by atoms with E-state index in [1.165, 1.54) is 0 Å². The lowest BCUT2D eigenvalue weighted by Gasteiger charge is -2.09. The van der Waals surface area contributed by atoms with Gasteiger partial charge in [-0.3, -0.25) is 9.59 Å². The Labute approximate surface area is 171 Å². The second-order valence-corrected chi connectivity index (χ2v) is 9.48. The quantitative estimate of drug-likeness (QED) is 0.736. The molecular weight excluding hydrogens is 366 g/mol. The van der Waals surface area contributed by atoms with E-state index in [4.69, 9.17) is 4.74 Å². The number of hydrogen-bond acceptors (Lipinski definition) is 4. The Morgan fingerprint density at radius 3 is 1.79 bits per heavy atom. The Bertz CT molecular complexity index is 855. The number of benzene rings is 1. The Morgan fingerprint density at radius 1 is 0.862 bits per heavy atom. The molecule has 4 rings (SSSR count). The Balaban J connectivity index is 1.30. The minimum atomic E-state index is 0.0395. The lowest BCUT2D eigenvalue weighted by atomic mass is 10.1. The molecule has 1 heterocycles. The molecule has 2 fully saturated rings. The fraction of sp³-hybridized carbons (Fsp3) is 0.435. The molecule has 2 N–H and O–H groups in total. The van der Waals surface area contributed by atoms with Gasteiger partial charge in [0.15, 0.2) is 0 Å². The third-order valence-electron chi connectivity index (χ3n) is 6.01. The van der Waals surface area contributed by atoms with Crippen LogP contribution in [0, 0.1) is 22.7 Å². The van der Waals surface area contributed by atoms with Gasteiger partial charge in [-0.15, -0.1) is 0 Å². The molecule has 6 heteroatoms. The first-order valence-corrected chi connectivity index (χ1v) is 10.00. The van der Waals surface area contributed by atoms with E-state index >= 15 is 0 Å². The van der Waals surface area contributed by atoms with Crippen LogP contribution in [-0.2, 0) is 9.59 Å². The van der Waals surface area contributed by atoms with Crippen molar-refractivity contribution >= 4 is 23.2 Å². The lowest BCUT2D eigenvalue weighted by molar-refractivity contribution is -0.118. The van der Waals surface area contributed by atoms with Crippen LogP contribution in [0.3, 0.4) is 0 Å². The number of pyridine rings is 1. The van der Waals surface area contributed by atoms with Crippen molar-refractivity contribution in [2.24, 2.45) is 22.7 Å². The Morgan fingerprint density at radius 2 is 1.34 bits per heavy atom. The molecule has 2 atom stereocenters. The van der Waals surface area contributed by atoms with E-state index in [9.17, 15) is 9.59 Å². The zero-order chi connectivity index (χ0) is 20.8. The van der Waals surface area contributed by atoms with Crippen LogP contribution < -0.4 is 15.4 Å². The number of aromatic nitrogens is 1. The summed E-state index contributed by atoms with van der Waals surface area (Å²) in [4.78, 5) is 28.6. The van der Waals surface area contributed by atoms with Crippen LogP contribution in [0.1, 0.15) is 40.5 Å². The zero-order valence-corrected chi connectivity index (χ0v) is 17.3.